The molecule has 1 fully saturated rings. The summed E-state index contributed by atoms with van der Waals surface area (Å²) >= 11 is 0. The predicted molar refractivity (Wildman–Crippen MR) is 116 cm³/mol. The zero-order valence-corrected chi connectivity index (χ0v) is 18.2. The summed E-state index contributed by atoms with van der Waals surface area (Å²) in [4.78, 5) is 0. The maximum atomic E-state index is 14.9. The summed E-state index contributed by atoms with van der Waals surface area (Å²) in [5.41, 5.74) is 1.18. The molecule has 2 atom stereocenters. The summed E-state index contributed by atoms with van der Waals surface area (Å²) in [6.45, 7) is 4.95. The Hall–Kier alpha value is -1.81. The van der Waals surface area contributed by atoms with Gasteiger partial charge in [-0.3, -0.25) is 0 Å². The van der Waals surface area contributed by atoms with Crippen LogP contribution >= 0.6 is 0 Å². The first-order chi connectivity index (χ1) is 14.5. The highest BCUT2D eigenvalue weighted by Gasteiger charge is 2.24. The zero-order chi connectivity index (χ0) is 21.5. The predicted octanol–water partition coefficient (Wildman–Crippen LogP) is 8.16. The van der Waals surface area contributed by atoms with Crippen LogP contribution in [-0.4, -0.2) is 6.61 Å². The molecule has 0 saturated carbocycles. The zero-order valence-electron chi connectivity index (χ0n) is 18.2. The van der Waals surface area contributed by atoms with Crippen LogP contribution in [0.1, 0.15) is 82.4 Å². The molecule has 30 heavy (non-hydrogen) atoms. The van der Waals surface area contributed by atoms with Gasteiger partial charge < -0.3 is 4.74 Å². The molecule has 1 aliphatic rings. The van der Waals surface area contributed by atoms with E-state index in [0.717, 1.165) is 37.7 Å². The van der Waals surface area contributed by atoms with Gasteiger partial charge in [0.2, 0.25) is 0 Å². The lowest BCUT2D eigenvalue weighted by Gasteiger charge is -2.29. The fourth-order valence-electron chi connectivity index (χ4n) is 4.30. The molecule has 4 heteroatoms. The van der Waals surface area contributed by atoms with Crippen LogP contribution in [0.4, 0.5) is 13.2 Å². The van der Waals surface area contributed by atoms with E-state index in [1.54, 1.807) is 18.2 Å². The van der Waals surface area contributed by atoms with Gasteiger partial charge in [-0.25, -0.2) is 13.2 Å². The van der Waals surface area contributed by atoms with Gasteiger partial charge in [0.1, 0.15) is 5.82 Å². The Balaban J connectivity index is 1.72. The van der Waals surface area contributed by atoms with Gasteiger partial charge >= 0.3 is 0 Å². The Kier molecular flexibility index (Phi) is 8.38. The Labute approximate surface area is 178 Å². The van der Waals surface area contributed by atoms with E-state index in [4.69, 9.17) is 4.74 Å². The SMILES string of the molecule is CCCCCc1ccc(-c2ccc(C3CCC(CCCC)CO3)cc2F)c(F)c1F. The Bertz CT molecular complexity index is 825. The van der Waals surface area contributed by atoms with Gasteiger partial charge in [0.25, 0.3) is 0 Å². The molecular formula is C26H33F3O. The van der Waals surface area contributed by atoms with E-state index in [2.05, 4.69) is 13.8 Å². The molecule has 0 aromatic heterocycles. The van der Waals surface area contributed by atoms with Crippen molar-refractivity contribution in [1.82, 2.24) is 0 Å². The van der Waals surface area contributed by atoms with Crippen LogP contribution in [0, 0.1) is 23.4 Å². The Morgan fingerprint density at radius 1 is 0.867 bits per heavy atom. The lowest BCUT2D eigenvalue weighted by molar-refractivity contribution is -0.0199. The van der Waals surface area contributed by atoms with Crippen molar-refractivity contribution in [3.8, 4) is 11.1 Å². The lowest BCUT2D eigenvalue weighted by Crippen LogP contribution is -2.20. The van der Waals surface area contributed by atoms with Crippen molar-refractivity contribution < 1.29 is 17.9 Å². The molecule has 2 aromatic carbocycles. The monoisotopic (exact) mass is 418 g/mol. The number of unbranched alkanes of at least 4 members (excludes halogenated alkanes) is 3. The van der Waals surface area contributed by atoms with Gasteiger partial charge in [-0.1, -0.05) is 63.8 Å². The molecule has 0 bridgehead atoms. The molecule has 3 rings (SSSR count). The Morgan fingerprint density at radius 3 is 2.30 bits per heavy atom. The van der Waals surface area contributed by atoms with Crippen LogP contribution < -0.4 is 0 Å². The maximum Gasteiger partial charge on any atom is 0.167 e. The molecule has 1 nitrogen and oxygen atoms in total. The van der Waals surface area contributed by atoms with Crippen molar-refractivity contribution in [2.24, 2.45) is 5.92 Å². The summed E-state index contributed by atoms with van der Waals surface area (Å²) in [6, 6.07) is 7.82. The first-order valence-electron chi connectivity index (χ1n) is 11.4. The third-order valence-corrected chi connectivity index (χ3v) is 6.20. The molecule has 1 saturated heterocycles. The van der Waals surface area contributed by atoms with Crippen LogP contribution in [0.5, 0.6) is 0 Å². The molecule has 0 N–H and O–H groups in total. The summed E-state index contributed by atoms with van der Waals surface area (Å²) in [5, 5.41) is 0. The second-order valence-electron chi connectivity index (χ2n) is 8.50. The minimum absolute atomic E-state index is 0.0278. The van der Waals surface area contributed by atoms with Gasteiger partial charge in [-0.2, -0.15) is 0 Å². The largest absolute Gasteiger partial charge is 0.373 e. The highest BCUT2D eigenvalue weighted by Crippen LogP contribution is 2.35. The highest BCUT2D eigenvalue weighted by molar-refractivity contribution is 5.66. The normalized spacial score (nSPS) is 19.2. The number of halogens is 3. The minimum Gasteiger partial charge on any atom is -0.373 e. The van der Waals surface area contributed by atoms with Gasteiger partial charge in [0.05, 0.1) is 12.7 Å². The molecular weight excluding hydrogens is 385 g/mol. The summed E-state index contributed by atoms with van der Waals surface area (Å²) in [5.74, 6) is -1.79. The number of hydrogen-bond donors (Lipinski definition) is 0. The molecule has 1 aliphatic heterocycles. The number of ether oxygens (including phenoxy) is 1. The second kappa shape index (κ2) is 11.0. The number of aryl methyl sites for hydroxylation is 1. The quantitative estimate of drug-likeness (QED) is 0.373. The third-order valence-electron chi connectivity index (χ3n) is 6.20. The van der Waals surface area contributed by atoms with Gasteiger partial charge in [0, 0.05) is 11.1 Å². The number of benzene rings is 2. The van der Waals surface area contributed by atoms with Crippen LogP contribution in [0.25, 0.3) is 11.1 Å². The Morgan fingerprint density at radius 2 is 1.63 bits per heavy atom. The maximum absolute atomic E-state index is 14.9. The van der Waals surface area contributed by atoms with E-state index >= 15 is 0 Å². The van der Waals surface area contributed by atoms with Gasteiger partial charge in [-0.15, -0.1) is 0 Å². The van der Waals surface area contributed by atoms with E-state index in [-0.39, 0.29) is 17.2 Å². The van der Waals surface area contributed by atoms with E-state index in [1.165, 1.54) is 31.4 Å². The molecule has 0 amide bonds. The van der Waals surface area contributed by atoms with Crippen LogP contribution in [0.3, 0.4) is 0 Å². The standard InChI is InChI=1S/C26H33F3O/c1-3-5-7-9-19-11-14-22(26(29)25(19)28)21-13-12-20(16-23(21)27)24-15-10-18(17-30-24)8-6-4-2/h11-14,16,18,24H,3-10,15,17H2,1-2H3. The number of rotatable bonds is 9. The average molecular weight is 419 g/mol. The molecule has 164 valence electrons. The first kappa shape index (κ1) is 22.9. The van der Waals surface area contributed by atoms with Crippen molar-refractivity contribution in [3.63, 3.8) is 0 Å². The van der Waals surface area contributed by atoms with Crippen molar-refractivity contribution in [2.45, 2.75) is 77.7 Å². The summed E-state index contributed by atoms with van der Waals surface area (Å²) < 4.78 is 50.0. The van der Waals surface area contributed by atoms with Crippen molar-refractivity contribution in [1.29, 1.82) is 0 Å². The summed E-state index contributed by atoms with van der Waals surface area (Å²) in [6.07, 6.45) is 8.68. The second-order valence-corrected chi connectivity index (χ2v) is 8.50. The van der Waals surface area contributed by atoms with Crippen LogP contribution in [0.15, 0.2) is 30.3 Å². The number of hydrogen-bond acceptors (Lipinski definition) is 1. The van der Waals surface area contributed by atoms with E-state index in [1.807, 2.05) is 0 Å². The molecule has 0 aliphatic carbocycles. The summed E-state index contributed by atoms with van der Waals surface area (Å²) in [7, 11) is 0. The molecule has 2 aromatic rings. The van der Waals surface area contributed by atoms with Gasteiger partial charge in [-0.05, 0) is 55.2 Å². The average Bonchev–Trinajstić information content (AvgIpc) is 2.76. The fourth-order valence-corrected chi connectivity index (χ4v) is 4.30. The van der Waals surface area contributed by atoms with Crippen LogP contribution in [0.2, 0.25) is 0 Å². The highest BCUT2D eigenvalue weighted by atomic mass is 19.2. The van der Waals surface area contributed by atoms with Crippen molar-refractivity contribution in [3.05, 3.63) is 58.9 Å². The van der Waals surface area contributed by atoms with Gasteiger partial charge in [0.15, 0.2) is 11.6 Å². The lowest BCUT2D eigenvalue weighted by atomic mass is 9.90. The van der Waals surface area contributed by atoms with E-state index in [9.17, 15) is 13.2 Å². The van der Waals surface area contributed by atoms with Crippen molar-refractivity contribution in [2.75, 3.05) is 6.61 Å². The molecule has 0 spiro atoms. The smallest absolute Gasteiger partial charge is 0.167 e. The van der Waals surface area contributed by atoms with Crippen molar-refractivity contribution >= 4 is 0 Å². The van der Waals surface area contributed by atoms with E-state index in [0.29, 0.717) is 24.5 Å². The van der Waals surface area contributed by atoms with E-state index < -0.39 is 17.5 Å². The molecule has 0 radical (unpaired) electrons. The topological polar surface area (TPSA) is 9.23 Å². The minimum atomic E-state index is -0.969. The molecule has 2 unspecified atom stereocenters. The third kappa shape index (κ3) is 5.46. The first-order valence-corrected chi connectivity index (χ1v) is 11.4. The molecule has 1 heterocycles. The van der Waals surface area contributed by atoms with Crippen LogP contribution in [-0.2, 0) is 11.2 Å². The fraction of sp³-hybridized carbons (Fsp3) is 0.538.